The maximum absolute atomic E-state index is 12.1. The van der Waals surface area contributed by atoms with Gasteiger partial charge in [-0.1, -0.05) is 6.92 Å². The van der Waals surface area contributed by atoms with Gasteiger partial charge in [-0.05, 0) is 6.92 Å². The third kappa shape index (κ3) is 3.86. The van der Waals surface area contributed by atoms with Crippen molar-refractivity contribution >= 4 is 11.6 Å². The molecule has 0 amide bonds. The Morgan fingerprint density at radius 3 is 2.25 bits per heavy atom. The molecule has 7 nitrogen and oxygen atoms in total. The third-order valence-corrected chi connectivity index (χ3v) is 5.34. The lowest BCUT2D eigenvalue weighted by Crippen LogP contribution is -2.61. The van der Waals surface area contributed by atoms with E-state index in [0.29, 0.717) is 0 Å². The largest absolute Gasteiger partial charge is 0.390 e. The second kappa shape index (κ2) is 8.49. The van der Waals surface area contributed by atoms with Crippen LogP contribution in [0.4, 0.5) is 0 Å². The van der Waals surface area contributed by atoms with Gasteiger partial charge in [0, 0.05) is 50.7 Å². The predicted octanol–water partition coefficient (Wildman–Crippen LogP) is 0.776. The normalized spacial score (nSPS) is 39.5. The molecule has 7 heteroatoms. The number of ketones is 2. The molecule has 0 saturated heterocycles. The first-order valence-corrected chi connectivity index (χ1v) is 8.33. The van der Waals surface area contributed by atoms with Crippen LogP contribution in [0.25, 0.3) is 0 Å². The minimum atomic E-state index is -0.839. The Kier molecular flexibility index (Phi) is 6.88. The van der Waals surface area contributed by atoms with Crippen LogP contribution in [0.1, 0.15) is 26.7 Å². The number of hydrogen-bond donors (Lipinski definition) is 1. The number of rotatable bonds is 7. The van der Waals surface area contributed by atoms with Gasteiger partial charge in [-0.25, -0.2) is 0 Å². The lowest BCUT2D eigenvalue weighted by molar-refractivity contribution is -0.233. The van der Waals surface area contributed by atoms with Gasteiger partial charge >= 0.3 is 0 Å². The summed E-state index contributed by atoms with van der Waals surface area (Å²) in [6, 6.07) is 0. The average molecular weight is 344 g/mol. The quantitative estimate of drug-likeness (QED) is 0.682. The zero-order valence-corrected chi connectivity index (χ0v) is 14.8. The lowest BCUT2D eigenvalue weighted by atomic mass is 9.58. The summed E-state index contributed by atoms with van der Waals surface area (Å²) in [5, 5.41) is 10.8. The van der Waals surface area contributed by atoms with Crippen molar-refractivity contribution in [3.63, 3.8) is 0 Å². The molecule has 0 unspecified atom stereocenters. The van der Waals surface area contributed by atoms with Crippen LogP contribution in [0.2, 0.25) is 0 Å². The Morgan fingerprint density at radius 1 is 1.12 bits per heavy atom. The second-order valence-corrected chi connectivity index (χ2v) is 6.83. The monoisotopic (exact) mass is 344 g/mol. The molecule has 7 atom stereocenters. The maximum Gasteiger partial charge on any atom is 0.146 e. The minimum absolute atomic E-state index is 0.000959. The third-order valence-electron chi connectivity index (χ3n) is 5.34. The van der Waals surface area contributed by atoms with Crippen LogP contribution in [0.5, 0.6) is 0 Å². The van der Waals surface area contributed by atoms with Crippen molar-refractivity contribution in [1.82, 2.24) is 0 Å². The first-order chi connectivity index (χ1) is 11.4. The van der Waals surface area contributed by atoms with Crippen LogP contribution in [0.3, 0.4) is 0 Å². The fourth-order valence-corrected chi connectivity index (χ4v) is 4.30. The molecule has 0 aromatic rings. The number of fused-ring (bicyclic) bond motifs is 1. The number of Topliss-reactive ketones (excluding diaryl/α,β-unsaturated/α-hetero) is 2. The lowest BCUT2D eigenvalue weighted by Gasteiger charge is -2.52. The number of methoxy groups -OCH3 is 2. The van der Waals surface area contributed by atoms with Gasteiger partial charge in [0.1, 0.15) is 25.2 Å². The molecule has 0 heterocycles. The van der Waals surface area contributed by atoms with Gasteiger partial charge in [0.15, 0.2) is 0 Å². The number of aliphatic hydroxyl groups is 1. The van der Waals surface area contributed by atoms with Crippen molar-refractivity contribution in [1.29, 1.82) is 0 Å². The predicted molar refractivity (Wildman–Crippen MR) is 84.1 cm³/mol. The van der Waals surface area contributed by atoms with Crippen molar-refractivity contribution in [2.75, 3.05) is 27.8 Å². The van der Waals surface area contributed by atoms with E-state index in [-0.39, 0.29) is 61.9 Å². The van der Waals surface area contributed by atoms with Gasteiger partial charge in [0.05, 0.1) is 18.3 Å². The molecule has 138 valence electrons. The molecule has 0 aromatic heterocycles. The standard InChI is InChI=1S/C17H28O7/c1-9-16(23-7-21-3)14-12(10(2)18)5-11(19)6-13(14)15(20)17(9)24-8-22-4/h9,12-17,20H,5-8H2,1-4H3/t9-,12+,13-,14+,15-,16-,17-/m1/s1. The molecule has 2 fully saturated rings. The van der Waals surface area contributed by atoms with E-state index in [0.717, 1.165) is 0 Å². The summed E-state index contributed by atoms with van der Waals surface area (Å²) < 4.78 is 21.5. The highest BCUT2D eigenvalue weighted by atomic mass is 16.7. The summed E-state index contributed by atoms with van der Waals surface area (Å²) in [7, 11) is 3.04. The molecule has 24 heavy (non-hydrogen) atoms. The van der Waals surface area contributed by atoms with E-state index in [1.165, 1.54) is 21.1 Å². The van der Waals surface area contributed by atoms with E-state index in [9.17, 15) is 14.7 Å². The van der Waals surface area contributed by atoms with Crippen molar-refractivity contribution < 1.29 is 33.6 Å². The molecule has 2 aliphatic rings. The molecule has 1 N–H and O–H groups in total. The van der Waals surface area contributed by atoms with Crippen molar-refractivity contribution in [3.05, 3.63) is 0 Å². The zero-order chi connectivity index (χ0) is 17.9. The molecular weight excluding hydrogens is 316 g/mol. The number of ether oxygens (including phenoxy) is 4. The number of carbonyl (C=O) groups is 2. The molecule has 0 aromatic carbocycles. The molecule has 0 radical (unpaired) electrons. The van der Waals surface area contributed by atoms with E-state index < -0.39 is 18.1 Å². The topological polar surface area (TPSA) is 91.3 Å². The van der Waals surface area contributed by atoms with E-state index in [1.807, 2.05) is 6.92 Å². The summed E-state index contributed by atoms with van der Waals surface area (Å²) in [5.74, 6) is -1.22. The van der Waals surface area contributed by atoms with E-state index >= 15 is 0 Å². The first-order valence-electron chi connectivity index (χ1n) is 8.33. The van der Waals surface area contributed by atoms with Gasteiger partial charge in [0.2, 0.25) is 0 Å². The number of carbonyl (C=O) groups excluding carboxylic acids is 2. The fraction of sp³-hybridized carbons (Fsp3) is 0.882. The van der Waals surface area contributed by atoms with E-state index in [4.69, 9.17) is 18.9 Å². The fourth-order valence-electron chi connectivity index (χ4n) is 4.30. The van der Waals surface area contributed by atoms with Gasteiger partial charge in [0.25, 0.3) is 0 Å². The first kappa shape index (κ1) is 19.5. The molecular formula is C17H28O7. The molecule has 0 spiro atoms. The molecule has 0 aliphatic heterocycles. The van der Waals surface area contributed by atoms with Crippen LogP contribution in [0, 0.1) is 23.7 Å². The van der Waals surface area contributed by atoms with Crippen molar-refractivity contribution in [3.8, 4) is 0 Å². The Bertz CT molecular complexity index is 452. The molecule has 0 bridgehead atoms. The number of aliphatic hydroxyl groups excluding tert-OH is 1. The van der Waals surface area contributed by atoms with Crippen LogP contribution in [-0.2, 0) is 28.5 Å². The highest BCUT2D eigenvalue weighted by molar-refractivity contribution is 5.88. The van der Waals surface area contributed by atoms with E-state index in [1.54, 1.807) is 0 Å². The van der Waals surface area contributed by atoms with Gasteiger partial charge in [-0.15, -0.1) is 0 Å². The summed E-state index contributed by atoms with van der Waals surface area (Å²) in [5.41, 5.74) is 0. The zero-order valence-electron chi connectivity index (χ0n) is 14.8. The highest BCUT2D eigenvalue weighted by Gasteiger charge is 2.55. The van der Waals surface area contributed by atoms with Gasteiger partial charge in [-0.3, -0.25) is 9.59 Å². The van der Waals surface area contributed by atoms with Crippen molar-refractivity contribution in [2.45, 2.75) is 45.0 Å². The molecule has 2 rings (SSSR count). The van der Waals surface area contributed by atoms with Gasteiger partial charge < -0.3 is 24.1 Å². The molecule has 2 saturated carbocycles. The summed E-state index contributed by atoms with van der Waals surface area (Å²) in [6.45, 7) is 3.56. The number of hydrogen-bond acceptors (Lipinski definition) is 7. The Morgan fingerprint density at radius 2 is 1.71 bits per heavy atom. The average Bonchev–Trinajstić information content (AvgIpc) is 2.54. The summed E-state index contributed by atoms with van der Waals surface area (Å²) in [6.07, 6.45) is -1.24. The summed E-state index contributed by atoms with van der Waals surface area (Å²) >= 11 is 0. The SMILES string of the molecule is COCO[C@@H]1[C@H](C)[C@@H](OCOC)[C@@H]2[C@@H](CC(=O)C[C@H]2C(C)=O)[C@H]1O. The minimum Gasteiger partial charge on any atom is -0.390 e. The van der Waals surface area contributed by atoms with Crippen LogP contribution >= 0.6 is 0 Å². The maximum atomic E-state index is 12.1. The molecule has 2 aliphatic carbocycles. The Hall–Kier alpha value is -0.860. The van der Waals surface area contributed by atoms with Gasteiger partial charge in [-0.2, -0.15) is 0 Å². The van der Waals surface area contributed by atoms with Crippen molar-refractivity contribution in [2.24, 2.45) is 23.7 Å². The van der Waals surface area contributed by atoms with Crippen LogP contribution in [0.15, 0.2) is 0 Å². The smallest absolute Gasteiger partial charge is 0.146 e. The Labute approximate surface area is 142 Å². The highest BCUT2D eigenvalue weighted by Crippen LogP contribution is 2.47. The Balaban J connectivity index is 2.32. The second-order valence-electron chi connectivity index (χ2n) is 6.83. The summed E-state index contributed by atoms with van der Waals surface area (Å²) in [4.78, 5) is 24.2. The van der Waals surface area contributed by atoms with E-state index in [2.05, 4.69) is 0 Å². The van der Waals surface area contributed by atoms with Crippen LogP contribution in [-0.4, -0.2) is 62.8 Å². The van der Waals surface area contributed by atoms with Crippen LogP contribution < -0.4 is 0 Å².